The minimum Gasteiger partial charge on any atom is -0.478 e. The Hall–Kier alpha value is -2.17. The number of amides is 1. The molecular weight excluding hydrogens is 198 g/mol. The van der Waals surface area contributed by atoms with Crippen LogP contribution in [0.2, 0.25) is 0 Å². The molecule has 0 aliphatic rings. The molecule has 1 amide bonds. The fourth-order valence-corrected chi connectivity index (χ4v) is 1.06. The predicted molar refractivity (Wildman–Crippen MR) is 51.5 cm³/mol. The number of nitrogens with two attached hydrogens (primary N) is 1. The average Bonchev–Trinajstić information content (AvgIpc) is 2.17. The van der Waals surface area contributed by atoms with Crippen LogP contribution in [-0.4, -0.2) is 22.8 Å². The molecule has 1 aromatic carbocycles. The van der Waals surface area contributed by atoms with Crippen molar-refractivity contribution in [3.8, 4) is 0 Å². The number of benzene rings is 1. The maximum absolute atomic E-state index is 11.3. The molecule has 0 radical (unpaired) electrons. The van der Waals surface area contributed by atoms with E-state index in [-0.39, 0.29) is 17.5 Å². The van der Waals surface area contributed by atoms with Crippen LogP contribution in [-0.2, 0) is 4.79 Å². The van der Waals surface area contributed by atoms with E-state index in [1.54, 1.807) is 0 Å². The van der Waals surface area contributed by atoms with Gasteiger partial charge in [0.25, 0.3) is 0 Å². The molecule has 1 aromatic rings. The van der Waals surface area contributed by atoms with E-state index < -0.39 is 17.7 Å². The molecule has 78 valence electrons. The van der Waals surface area contributed by atoms with Crippen LogP contribution >= 0.6 is 0 Å². The van der Waals surface area contributed by atoms with Gasteiger partial charge in [-0.25, -0.2) is 4.79 Å². The summed E-state index contributed by atoms with van der Waals surface area (Å²) >= 11 is 0. The third-order valence-corrected chi connectivity index (χ3v) is 1.79. The minimum absolute atomic E-state index is 0.0885. The molecule has 0 heterocycles. The lowest BCUT2D eigenvalue weighted by atomic mass is 10.1. The minimum atomic E-state index is -1.07. The van der Waals surface area contributed by atoms with Gasteiger partial charge in [-0.1, -0.05) is 12.1 Å². The molecule has 0 saturated carbocycles. The first-order valence-electron chi connectivity index (χ1n) is 4.15. The van der Waals surface area contributed by atoms with Crippen molar-refractivity contribution in [2.45, 2.75) is 6.42 Å². The van der Waals surface area contributed by atoms with Crippen LogP contribution in [0.5, 0.6) is 0 Å². The predicted octanol–water partition coefficient (Wildman–Crippen LogP) is 0.443. The van der Waals surface area contributed by atoms with Gasteiger partial charge in [0, 0.05) is 5.56 Å². The first-order valence-corrected chi connectivity index (χ1v) is 4.15. The largest absolute Gasteiger partial charge is 0.478 e. The van der Waals surface area contributed by atoms with Crippen LogP contribution in [0.25, 0.3) is 0 Å². The molecule has 0 aliphatic heterocycles. The second kappa shape index (κ2) is 4.36. The van der Waals surface area contributed by atoms with Gasteiger partial charge < -0.3 is 10.8 Å². The second-order valence-electron chi connectivity index (χ2n) is 2.95. The zero-order valence-corrected chi connectivity index (χ0v) is 7.77. The van der Waals surface area contributed by atoms with Gasteiger partial charge in [-0.2, -0.15) is 0 Å². The van der Waals surface area contributed by atoms with Crippen molar-refractivity contribution in [1.29, 1.82) is 0 Å². The molecule has 0 unspecified atom stereocenters. The third-order valence-electron chi connectivity index (χ3n) is 1.79. The van der Waals surface area contributed by atoms with Crippen LogP contribution < -0.4 is 5.73 Å². The van der Waals surface area contributed by atoms with E-state index in [1.165, 1.54) is 24.3 Å². The summed E-state index contributed by atoms with van der Waals surface area (Å²) in [5.74, 6) is -2.19. The van der Waals surface area contributed by atoms with E-state index in [9.17, 15) is 14.4 Å². The Labute approximate surface area is 85.5 Å². The molecule has 0 fully saturated rings. The number of rotatable bonds is 4. The molecule has 0 spiro atoms. The zero-order valence-electron chi connectivity index (χ0n) is 7.77. The summed E-state index contributed by atoms with van der Waals surface area (Å²) in [7, 11) is 0. The van der Waals surface area contributed by atoms with E-state index in [2.05, 4.69) is 0 Å². The SMILES string of the molecule is NC(=O)CC(=O)c1ccc(C(=O)O)cc1. The first kappa shape index (κ1) is 10.9. The summed E-state index contributed by atoms with van der Waals surface area (Å²) in [6, 6.07) is 5.32. The van der Waals surface area contributed by atoms with E-state index in [0.29, 0.717) is 0 Å². The van der Waals surface area contributed by atoms with Gasteiger partial charge in [0.2, 0.25) is 5.91 Å². The maximum atomic E-state index is 11.3. The normalized spacial score (nSPS) is 9.60. The monoisotopic (exact) mass is 207 g/mol. The van der Waals surface area contributed by atoms with E-state index in [0.717, 1.165) is 0 Å². The Morgan fingerprint density at radius 3 is 1.93 bits per heavy atom. The number of carboxylic acid groups (broad SMARTS) is 1. The molecule has 15 heavy (non-hydrogen) atoms. The highest BCUT2D eigenvalue weighted by atomic mass is 16.4. The van der Waals surface area contributed by atoms with Gasteiger partial charge in [0.05, 0.1) is 12.0 Å². The molecule has 5 heteroatoms. The second-order valence-corrected chi connectivity index (χ2v) is 2.95. The number of Topliss-reactive ketones (excluding diaryl/α,β-unsaturated/α-hetero) is 1. The lowest BCUT2D eigenvalue weighted by Gasteiger charge is -1.99. The summed E-state index contributed by atoms with van der Waals surface area (Å²) < 4.78 is 0. The van der Waals surface area contributed by atoms with Crippen LogP contribution in [0.3, 0.4) is 0 Å². The van der Waals surface area contributed by atoms with Crippen molar-refractivity contribution in [3.05, 3.63) is 35.4 Å². The lowest BCUT2D eigenvalue weighted by molar-refractivity contribution is -0.117. The number of aromatic carboxylic acids is 1. The fraction of sp³-hybridized carbons (Fsp3) is 0.100. The van der Waals surface area contributed by atoms with Crippen molar-refractivity contribution in [1.82, 2.24) is 0 Å². The number of ketones is 1. The molecule has 0 bridgehead atoms. The smallest absolute Gasteiger partial charge is 0.335 e. The standard InChI is InChI=1S/C10H9NO4/c11-9(13)5-8(12)6-1-3-7(4-2-6)10(14)15/h1-4H,5H2,(H2,11,13)(H,14,15). The Morgan fingerprint density at radius 2 is 1.53 bits per heavy atom. The van der Waals surface area contributed by atoms with Crippen molar-refractivity contribution < 1.29 is 19.5 Å². The Kier molecular flexibility index (Phi) is 3.17. The Bertz CT molecular complexity index is 408. The molecule has 0 aromatic heterocycles. The zero-order chi connectivity index (χ0) is 11.4. The number of primary amides is 1. The van der Waals surface area contributed by atoms with Crippen LogP contribution in [0.15, 0.2) is 24.3 Å². The summed E-state index contributed by atoms with van der Waals surface area (Å²) in [6.45, 7) is 0. The van der Waals surface area contributed by atoms with Gasteiger partial charge in [-0.3, -0.25) is 9.59 Å². The van der Waals surface area contributed by atoms with E-state index in [1.807, 2.05) is 0 Å². The molecule has 0 saturated heterocycles. The first-order chi connectivity index (χ1) is 7.00. The molecular formula is C10H9NO4. The van der Waals surface area contributed by atoms with Crippen molar-refractivity contribution >= 4 is 17.7 Å². The molecule has 0 atom stereocenters. The fourth-order valence-electron chi connectivity index (χ4n) is 1.06. The number of carbonyl (C=O) groups is 3. The molecule has 1 rings (SSSR count). The number of hydrogen-bond acceptors (Lipinski definition) is 3. The van der Waals surface area contributed by atoms with E-state index in [4.69, 9.17) is 10.8 Å². The lowest BCUT2D eigenvalue weighted by Crippen LogP contribution is -2.16. The highest BCUT2D eigenvalue weighted by Gasteiger charge is 2.10. The van der Waals surface area contributed by atoms with E-state index >= 15 is 0 Å². The Balaban J connectivity index is 2.84. The molecule has 0 aliphatic carbocycles. The highest BCUT2D eigenvalue weighted by Crippen LogP contribution is 2.06. The van der Waals surface area contributed by atoms with Gasteiger partial charge in [-0.15, -0.1) is 0 Å². The number of carbonyl (C=O) groups excluding carboxylic acids is 2. The van der Waals surface area contributed by atoms with Gasteiger partial charge in [0.1, 0.15) is 0 Å². The summed E-state index contributed by atoms with van der Waals surface area (Å²) in [5.41, 5.74) is 5.22. The van der Waals surface area contributed by atoms with Gasteiger partial charge in [0.15, 0.2) is 5.78 Å². The Morgan fingerprint density at radius 1 is 1.07 bits per heavy atom. The molecule has 3 N–H and O–H groups in total. The number of hydrogen-bond donors (Lipinski definition) is 2. The third kappa shape index (κ3) is 2.91. The summed E-state index contributed by atoms with van der Waals surface area (Å²) in [6.07, 6.45) is -0.369. The highest BCUT2D eigenvalue weighted by molar-refractivity contribution is 6.07. The number of carboxylic acids is 1. The maximum Gasteiger partial charge on any atom is 0.335 e. The van der Waals surface area contributed by atoms with Crippen LogP contribution in [0.4, 0.5) is 0 Å². The van der Waals surface area contributed by atoms with Crippen molar-refractivity contribution in [3.63, 3.8) is 0 Å². The van der Waals surface area contributed by atoms with Crippen molar-refractivity contribution in [2.24, 2.45) is 5.73 Å². The van der Waals surface area contributed by atoms with Gasteiger partial charge in [-0.05, 0) is 12.1 Å². The molecule has 5 nitrogen and oxygen atoms in total. The van der Waals surface area contributed by atoms with Crippen LogP contribution in [0, 0.1) is 0 Å². The quantitative estimate of drug-likeness (QED) is 0.553. The van der Waals surface area contributed by atoms with Gasteiger partial charge >= 0.3 is 5.97 Å². The summed E-state index contributed by atoms with van der Waals surface area (Å²) in [4.78, 5) is 32.3. The van der Waals surface area contributed by atoms with Crippen LogP contribution in [0.1, 0.15) is 27.1 Å². The topological polar surface area (TPSA) is 97.5 Å². The van der Waals surface area contributed by atoms with Crippen molar-refractivity contribution in [2.75, 3.05) is 0 Å². The summed E-state index contributed by atoms with van der Waals surface area (Å²) in [5, 5.41) is 8.60. The average molecular weight is 207 g/mol.